The van der Waals surface area contributed by atoms with Crippen molar-refractivity contribution < 1.29 is 9.47 Å². The average molecular weight is 289 g/mol. The van der Waals surface area contributed by atoms with Crippen LogP contribution >= 0.6 is 0 Å². The fraction of sp³-hybridized carbons (Fsp3) is 0.667. The first-order chi connectivity index (χ1) is 10.1. The summed E-state index contributed by atoms with van der Waals surface area (Å²) in [6.45, 7) is 7.50. The minimum atomic E-state index is 0.343. The van der Waals surface area contributed by atoms with Gasteiger partial charge in [-0.05, 0) is 49.1 Å². The molecule has 1 saturated carbocycles. The van der Waals surface area contributed by atoms with Gasteiger partial charge < -0.3 is 14.8 Å². The van der Waals surface area contributed by atoms with E-state index in [0.29, 0.717) is 18.2 Å². The maximum Gasteiger partial charge on any atom is 0.231 e. The molecule has 1 aromatic carbocycles. The molecule has 0 spiro atoms. The van der Waals surface area contributed by atoms with E-state index in [1.54, 1.807) is 0 Å². The van der Waals surface area contributed by atoms with Crippen LogP contribution in [0.15, 0.2) is 18.2 Å². The highest BCUT2D eigenvalue weighted by Crippen LogP contribution is 2.41. The number of hydrogen-bond donors (Lipinski definition) is 1. The number of hydrogen-bond acceptors (Lipinski definition) is 3. The van der Waals surface area contributed by atoms with Gasteiger partial charge in [-0.2, -0.15) is 0 Å². The van der Waals surface area contributed by atoms with Crippen LogP contribution in [0.1, 0.15) is 52.9 Å². The van der Waals surface area contributed by atoms with Crippen molar-refractivity contribution in [2.24, 2.45) is 11.3 Å². The lowest BCUT2D eigenvalue weighted by molar-refractivity contribution is 0.147. The van der Waals surface area contributed by atoms with Crippen molar-refractivity contribution in [3.05, 3.63) is 18.2 Å². The molecular weight excluding hydrogens is 262 g/mol. The molecule has 1 N–H and O–H groups in total. The zero-order chi connectivity index (χ0) is 14.9. The summed E-state index contributed by atoms with van der Waals surface area (Å²) in [6, 6.07) is 6.74. The smallest absolute Gasteiger partial charge is 0.231 e. The van der Waals surface area contributed by atoms with Gasteiger partial charge in [0, 0.05) is 17.8 Å². The normalized spacial score (nSPS) is 24.9. The largest absolute Gasteiger partial charge is 0.454 e. The zero-order valence-electron chi connectivity index (χ0n) is 13.4. The Morgan fingerprint density at radius 3 is 2.52 bits per heavy atom. The molecule has 116 valence electrons. The van der Waals surface area contributed by atoms with Gasteiger partial charge in [0.2, 0.25) is 6.79 Å². The van der Waals surface area contributed by atoms with Crippen LogP contribution in [0.2, 0.25) is 0 Å². The Balaban J connectivity index is 1.56. The van der Waals surface area contributed by atoms with Gasteiger partial charge in [-0.25, -0.2) is 0 Å². The van der Waals surface area contributed by atoms with Crippen LogP contribution in [0.5, 0.6) is 11.5 Å². The van der Waals surface area contributed by atoms with Crippen molar-refractivity contribution in [2.75, 3.05) is 12.1 Å². The van der Waals surface area contributed by atoms with Crippen molar-refractivity contribution in [3.63, 3.8) is 0 Å². The molecular formula is C18H27NO2. The Kier molecular flexibility index (Phi) is 4.01. The lowest BCUT2D eigenvalue weighted by atomic mass is 9.69. The summed E-state index contributed by atoms with van der Waals surface area (Å²) in [7, 11) is 0. The lowest BCUT2D eigenvalue weighted by Crippen LogP contribution is -2.32. The number of anilines is 1. The van der Waals surface area contributed by atoms with Gasteiger partial charge in [-0.3, -0.25) is 0 Å². The SMILES string of the molecule is CCC(C)(C)C1CCC(Nc2ccc3c(c2)OCO3)CC1. The summed E-state index contributed by atoms with van der Waals surface area (Å²) in [5.74, 6) is 2.59. The molecule has 1 heterocycles. The van der Waals surface area contributed by atoms with Gasteiger partial charge in [0.15, 0.2) is 11.5 Å². The topological polar surface area (TPSA) is 30.5 Å². The van der Waals surface area contributed by atoms with Gasteiger partial charge in [0.05, 0.1) is 0 Å². The Morgan fingerprint density at radius 1 is 1.10 bits per heavy atom. The maximum absolute atomic E-state index is 5.44. The van der Waals surface area contributed by atoms with E-state index < -0.39 is 0 Å². The highest BCUT2D eigenvalue weighted by atomic mass is 16.7. The average Bonchev–Trinajstić information content (AvgIpc) is 2.95. The van der Waals surface area contributed by atoms with Crippen LogP contribution < -0.4 is 14.8 Å². The van der Waals surface area contributed by atoms with E-state index in [2.05, 4.69) is 38.2 Å². The third kappa shape index (κ3) is 3.12. The van der Waals surface area contributed by atoms with Gasteiger partial charge in [0.1, 0.15) is 0 Å². The third-order valence-corrected chi connectivity index (χ3v) is 5.49. The van der Waals surface area contributed by atoms with Crippen LogP contribution in [0, 0.1) is 11.3 Å². The standard InChI is InChI=1S/C18H27NO2/c1-4-18(2,3)13-5-7-14(8-6-13)19-15-9-10-16-17(11-15)21-12-20-16/h9-11,13-14,19H,4-8,12H2,1-3H3. The summed E-state index contributed by atoms with van der Waals surface area (Å²) >= 11 is 0. The molecule has 1 aliphatic heterocycles. The van der Waals surface area contributed by atoms with Crippen LogP contribution in [-0.4, -0.2) is 12.8 Å². The second-order valence-corrected chi connectivity index (χ2v) is 7.10. The summed E-state index contributed by atoms with van der Waals surface area (Å²) in [6.07, 6.45) is 6.48. The van der Waals surface area contributed by atoms with E-state index >= 15 is 0 Å². The molecule has 3 nitrogen and oxygen atoms in total. The van der Waals surface area contributed by atoms with Gasteiger partial charge in [-0.1, -0.05) is 27.2 Å². The molecule has 0 saturated heterocycles. The van der Waals surface area contributed by atoms with Gasteiger partial charge >= 0.3 is 0 Å². The first-order valence-electron chi connectivity index (χ1n) is 8.24. The minimum Gasteiger partial charge on any atom is -0.454 e. The van der Waals surface area contributed by atoms with Gasteiger partial charge in [0.25, 0.3) is 0 Å². The van der Waals surface area contributed by atoms with Crippen molar-refractivity contribution in [2.45, 2.75) is 58.9 Å². The Morgan fingerprint density at radius 2 is 1.81 bits per heavy atom. The van der Waals surface area contributed by atoms with Crippen LogP contribution in [0.3, 0.4) is 0 Å². The van der Waals surface area contributed by atoms with E-state index in [-0.39, 0.29) is 0 Å². The molecule has 0 bridgehead atoms. The number of fused-ring (bicyclic) bond motifs is 1. The van der Waals surface area contributed by atoms with Crippen LogP contribution in [-0.2, 0) is 0 Å². The number of ether oxygens (including phenoxy) is 2. The second kappa shape index (κ2) is 5.78. The Hall–Kier alpha value is -1.38. The number of nitrogens with one attached hydrogen (secondary N) is 1. The van der Waals surface area contributed by atoms with E-state index in [1.165, 1.54) is 32.1 Å². The molecule has 2 aliphatic rings. The van der Waals surface area contributed by atoms with Crippen molar-refractivity contribution in [3.8, 4) is 11.5 Å². The zero-order valence-corrected chi connectivity index (χ0v) is 13.4. The van der Waals surface area contributed by atoms with E-state index in [1.807, 2.05) is 6.07 Å². The molecule has 0 aromatic heterocycles. The van der Waals surface area contributed by atoms with E-state index in [4.69, 9.17) is 9.47 Å². The predicted octanol–water partition coefficient (Wildman–Crippen LogP) is 4.82. The fourth-order valence-electron chi connectivity index (χ4n) is 3.53. The lowest BCUT2D eigenvalue weighted by Gasteiger charge is -2.39. The summed E-state index contributed by atoms with van der Waals surface area (Å²) in [5, 5.41) is 3.67. The molecule has 21 heavy (non-hydrogen) atoms. The number of rotatable bonds is 4. The Labute approximate surface area is 128 Å². The predicted molar refractivity (Wildman–Crippen MR) is 86.0 cm³/mol. The molecule has 1 fully saturated rings. The molecule has 0 unspecified atom stereocenters. The van der Waals surface area contributed by atoms with Crippen LogP contribution in [0.25, 0.3) is 0 Å². The summed E-state index contributed by atoms with van der Waals surface area (Å²) in [5.41, 5.74) is 1.64. The summed E-state index contributed by atoms with van der Waals surface area (Å²) < 4.78 is 10.8. The van der Waals surface area contributed by atoms with Crippen molar-refractivity contribution in [1.82, 2.24) is 0 Å². The van der Waals surface area contributed by atoms with Gasteiger partial charge in [-0.15, -0.1) is 0 Å². The molecule has 0 amide bonds. The highest BCUT2D eigenvalue weighted by Gasteiger charge is 2.31. The molecule has 0 atom stereocenters. The summed E-state index contributed by atoms with van der Waals surface area (Å²) in [4.78, 5) is 0. The Bertz CT molecular complexity index is 490. The van der Waals surface area contributed by atoms with Crippen LogP contribution in [0.4, 0.5) is 5.69 Å². The molecule has 0 radical (unpaired) electrons. The molecule has 1 aliphatic carbocycles. The monoisotopic (exact) mass is 289 g/mol. The minimum absolute atomic E-state index is 0.343. The maximum atomic E-state index is 5.44. The van der Waals surface area contributed by atoms with E-state index in [9.17, 15) is 0 Å². The molecule has 3 rings (SSSR count). The second-order valence-electron chi connectivity index (χ2n) is 7.10. The third-order valence-electron chi connectivity index (χ3n) is 5.49. The van der Waals surface area contributed by atoms with E-state index in [0.717, 1.165) is 23.1 Å². The highest BCUT2D eigenvalue weighted by molar-refractivity contribution is 5.56. The first-order valence-corrected chi connectivity index (χ1v) is 8.24. The van der Waals surface area contributed by atoms with Crippen molar-refractivity contribution >= 4 is 5.69 Å². The quantitative estimate of drug-likeness (QED) is 0.861. The molecule has 3 heteroatoms. The fourth-order valence-corrected chi connectivity index (χ4v) is 3.53. The molecule has 1 aromatic rings. The van der Waals surface area contributed by atoms with Crippen molar-refractivity contribution in [1.29, 1.82) is 0 Å². The number of benzene rings is 1. The first kappa shape index (κ1) is 14.6.